The fourth-order valence-electron chi connectivity index (χ4n) is 4.67. The zero-order valence-corrected chi connectivity index (χ0v) is 21.0. The maximum atomic E-state index is 12.9. The van der Waals surface area contributed by atoms with Crippen molar-refractivity contribution in [2.75, 3.05) is 38.0 Å². The van der Waals surface area contributed by atoms with E-state index in [1.165, 1.54) is 19.8 Å². The van der Waals surface area contributed by atoms with Crippen molar-refractivity contribution >= 4 is 34.3 Å². The number of amides is 1. The van der Waals surface area contributed by atoms with Crippen LogP contribution in [0.5, 0.6) is 0 Å². The van der Waals surface area contributed by atoms with E-state index in [1.54, 1.807) is 6.20 Å². The van der Waals surface area contributed by atoms with Gasteiger partial charge in [0.2, 0.25) is 5.91 Å². The molecular formula is C28H34N4O4. The van der Waals surface area contributed by atoms with E-state index in [9.17, 15) is 9.59 Å². The molecule has 1 aliphatic carbocycles. The third-order valence-electron chi connectivity index (χ3n) is 6.48. The lowest BCUT2D eigenvalue weighted by atomic mass is 9.94. The van der Waals surface area contributed by atoms with Gasteiger partial charge in [0.1, 0.15) is 12.3 Å². The fourth-order valence-corrected chi connectivity index (χ4v) is 4.67. The van der Waals surface area contributed by atoms with Crippen molar-refractivity contribution in [1.82, 2.24) is 9.55 Å². The minimum absolute atomic E-state index is 0.123. The summed E-state index contributed by atoms with van der Waals surface area (Å²) >= 11 is 0. The lowest BCUT2D eigenvalue weighted by Crippen LogP contribution is -2.20. The smallest absolute Gasteiger partial charge is 0.356 e. The lowest BCUT2D eigenvalue weighted by Gasteiger charge is -2.18. The highest BCUT2D eigenvalue weighted by atomic mass is 16.5. The Morgan fingerprint density at radius 3 is 2.72 bits per heavy atom. The molecule has 1 amide bonds. The van der Waals surface area contributed by atoms with Gasteiger partial charge in [-0.1, -0.05) is 42.5 Å². The monoisotopic (exact) mass is 490 g/mol. The molecule has 0 bridgehead atoms. The number of nitrogens with one attached hydrogen (secondary N) is 2. The van der Waals surface area contributed by atoms with E-state index < -0.39 is 5.97 Å². The van der Waals surface area contributed by atoms with Crippen LogP contribution in [-0.2, 0) is 27.2 Å². The van der Waals surface area contributed by atoms with Gasteiger partial charge in [0.05, 0.1) is 24.7 Å². The van der Waals surface area contributed by atoms with Crippen LogP contribution in [0, 0.1) is 5.92 Å². The van der Waals surface area contributed by atoms with E-state index >= 15 is 0 Å². The number of hydrogen-bond donors (Lipinski definition) is 2. The van der Waals surface area contributed by atoms with Crippen LogP contribution < -0.4 is 10.6 Å². The fraction of sp³-hybridized carbons (Fsp3) is 0.393. The second kappa shape index (κ2) is 12.4. The second-order valence-corrected chi connectivity index (χ2v) is 9.06. The molecule has 0 aliphatic heterocycles. The summed E-state index contributed by atoms with van der Waals surface area (Å²) in [4.78, 5) is 30.2. The topological polar surface area (TPSA) is 94.5 Å². The molecule has 2 heterocycles. The number of aryl methyl sites for hydroxylation is 2. The molecule has 2 aromatic heterocycles. The summed E-state index contributed by atoms with van der Waals surface area (Å²) in [5.74, 6) is -0.304. The summed E-state index contributed by atoms with van der Waals surface area (Å²) in [6, 6.07) is 12.2. The Bertz CT molecular complexity index is 1220. The third-order valence-corrected chi connectivity index (χ3v) is 6.48. The summed E-state index contributed by atoms with van der Waals surface area (Å²) < 4.78 is 12.0. The summed E-state index contributed by atoms with van der Waals surface area (Å²) in [5, 5.41) is 7.05. The van der Waals surface area contributed by atoms with Crippen LogP contribution in [0.3, 0.4) is 0 Å². The number of methoxy groups -OCH3 is 2. The molecule has 1 aliphatic rings. The number of carbonyl (C=O) groups excluding carboxylic acids is 2. The minimum Gasteiger partial charge on any atom is -0.464 e. The quantitative estimate of drug-likeness (QED) is 0.296. The largest absolute Gasteiger partial charge is 0.464 e. The Morgan fingerprint density at radius 1 is 1.17 bits per heavy atom. The minimum atomic E-state index is -0.524. The molecule has 8 nitrogen and oxygen atoms in total. The van der Waals surface area contributed by atoms with Gasteiger partial charge in [0.25, 0.3) is 0 Å². The van der Waals surface area contributed by atoms with E-state index in [4.69, 9.17) is 14.5 Å². The number of ether oxygens (including phenoxy) is 2. The first-order valence-electron chi connectivity index (χ1n) is 12.4. The van der Waals surface area contributed by atoms with E-state index in [1.807, 2.05) is 28.8 Å². The number of hydrogen-bond acceptors (Lipinski definition) is 6. The van der Waals surface area contributed by atoms with Crippen molar-refractivity contribution in [2.45, 2.75) is 38.6 Å². The molecule has 0 saturated heterocycles. The average Bonchev–Trinajstić information content (AvgIpc) is 3.20. The van der Waals surface area contributed by atoms with Gasteiger partial charge in [0, 0.05) is 25.6 Å². The number of esters is 1. The number of fused-ring (bicyclic) bond motifs is 1. The van der Waals surface area contributed by atoms with Crippen molar-refractivity contribution in [3.8, 4) is 0 Å². The van der Waals surface area contributed by atoms with Gasteiger partial charge in [0.15, 0.2) is 5.69 Å². The molecule has 190 valence electrons. The van der Waals surface area contributed by atoms with Crippen molar-refractivity contribution in [1.29, 1.82) is 0 Å². The Balaban J connectivity index is 1.67. The Hall–Kier alpha value is -3.65. The number of anilines is 2. The Kier molecular flexibility index (Phi) is 8.73. The van der Waals surface area contributed by atoms with Gasteiger partial charge >= 0.3 is 5.97 Å². The van der Waals surface area contributed by atoms with Crippen LogP contribution in [0.2, 0.25) is 0 Å². The van der Waals surface area contributed by atoms with E-state index in [0.29, 0.717) is 29.2 Å². The van der Waals surface area contributed by atoms with Crippen LogP contribution >= 0.6 is 0 Å². The molecular weight excluding hydrogens is 456 g/mol. The molecule has 0 unspecified atom stereocenters. The average molecular weight is 491 g/mol. The number of aromatic nitrogens is 2. The highest BCUT2D eigenvalue weighted by Gasteiger charge is 2.26. The number of allylic oxidation sites excluding steroid dienone is 2. The predicted octanol–water partition coefficient (Wildman–Crippen LogP) is 4.81. The van der Waals surface area contributed by atoms with E-state index in [0.717, 1.165) is 44.3 Å². The van der Waals surface area contributed by atoms with Gasteiger partial charge in [-0.2, -0.15) is 0 Å². The first kappa shape index (κ1) is 25.4. The van der Waals surface area contributed by atoms with Crippen molar-refractivity contribution in [2.24, 2.45) is 5.92 Å². The van der Waals surface area contributed by atoms with Crippen molar-refractivity contribution in [3.05, 3.63) is 66.0 Å². The first-order chi connectivity index (χ1) is 17.6. The van der Waals surface area contributed by atoms with Crippen LogP contribution in [0.4, 0.5) is 11.4 Å². The summed E-state index contributed by atoms with van der Waals surface area (Å²) in [5.41, 5.74) is 3.38. The van der Waals surface area contributed by atoms with E-state index in [-0.39, 0.29) is 18.2 Å². The molecule has 3 aromatic rings. The summed E-state index contributed by atoms with van der Waals surface area (Å²) in [6.07, 6.45) is 11.2. The first-order valence-corrected chi connectivity index (χ1v) is 12.4. The molecule has 0 fully saturated rings. The second-order valence-electron chi connectivity index (χ2n) is 9.06. The third kappa shape index (κ3) is 6.12. The zero-order valence-electron chi connectivity index (χ0n) is 21.0. The Labute approximate surface area is 211 Å². The molecule has 1 atom stereocenters. The maximum absolute atomic E-state index is 12.9. The van der Waals surface area contributed by atoms with Gasteiger partial charge in [-0.05, 0) is 49.7 Å². The van der Waals surface area contributed by atoms with Crippen LogP contribution in [0.15, 0.2) is 54.7 Å². The van der Waals surface area contributed by atoms with Crippen LogP contribution in [-0.4, -0.2) is 48.8 Å². The number of carbonyl (C=O) groups is 2. The Morgan fingerprint density at radius 2 is 2.00 bits per heavy atom. The molecule has 0 saturated carbocycles. The molecule has 36 heavy (non-hydrogen) atoms. The molecule has 8 heteroatoms. The molecule has 0 spiro atoms. The molecule has 4 rings (SSSR count). The van der Waals surface area contributed by atoms with Crippen LogP contribution in [0.1, 0.15) is 41.7 Å². The maximum Gasteiger partial charge on any atom is 0.356 e. The lowest BCUT2D eigenvalue weighted by molar-refractivity contribution is -0.119. The number of pyridine rings is 1. The van der Waals surface area contributed by atoms with Gasteiger partial charge in [-0.25, -0.2) is 9.78 Å². The van der Waals surface area contributed by atoms with Crippen molar-refractivity contribution < 1.29 is 19.1 Å². The number of nitrogens with zero attached hydrogens (tertiary/aromatic N) is 2. The highest BCUT2D eigenvalue weighted by molar-refractivity contribution is 6.11. The van der Waals surface area contributed by atoms with Gasteiger partial charge < -0.3 is 24.7 Å². The highest BCUT2D eigenvalue weighted by Crippen LogP contribution is 2.33. The number of benzene rings is 1. The molecule has 2 N–H and O–H groups in total. The SMILES string of the molecule is COCC(=O)Nc1c(C(=O)OC)n(CCCc2ccccc2)c2ncc(NC[C@@H]3CC=CCC3)cc12. The summed E-state index contributed by atoms with van der Waals surface area (Å²) in [7, 11) is 2.80. The summed E-state index contributed by atoms with van der Waals surface area (Å²) in [6.45, 7) is 1.26. The molecule has 0 radical (unpaired) electrons. The van der Waals surface area contributed by atoms with Gasteiger partial charge in [-0.3, -0.25) is 4.79 Å². The standard InChI is InChI=1S/C28H34N4O4/c1-35-19-24(33)31-25-23-16-22(29-17-21-12-7-4-8-13-21)18-30-27(23)32(26(25)28(34)36-2)15-9-14-20-10-5-3-6-11-20/h3-7,10-11,16,18,21,29H,8-9,12-15,17,19H2,1-2H3,(H,31,33)/t21-/m1/s1. The van der Waals surface area contributed by atoms with Crippen LogP contribution in [0.25, 0.3) is 11.0 Å². The normalized spacial score (nSPS) is 15.1. The molecule has 1 aromatic carbocycles. The van der Waals surface area contributed by atoms with E-state index in [2.05, 4.69) is 34.9 Å². The number of rotatable bonds is 11. The van der Waals surface area contributed by atoms with Crippen molar-refractivity contribution in [3.63, 3.8) is 0 Å². The van der Waals surface area contributed by atoms with Gasteiger partial charge in [-0.15, -0.1) is 0 Å². The zero-order chi connectivity index (χ0) is 25.3. The predicted molar refractivity (Wildman–Crippen MR) is 141 cm³/mol.